The van der Waals surface area contributed by atoms with Gasteiger partial charge >= 0.3 is 0 Å². The van der Waals surface area contributed by atoms with Crippen LogP contribution in [0.15, 0.2) is 24.3 Å². The first-order valence-corrected chi connectivity index (χ1v) is 4.57. The molecule has 0 saturated heterocycles. The van der Waals surface area contributed by atoms with E-state index in [2.05, 4.69) is 10.6 Å². The van der Waals surface area contributed by atoms with Gasteiger partial charge in [0.15, 0.2) is 5.11 Å². The van der Waals surface area contributed by atoms with Crippen LogP contribution in [0.3, 0.4) is 0 Å². The van der Waals surface area contributed by atoms with Gasteiger partial charge in [0.2, 0.25) is 5.91 Å². The second kappa shape index (κ2) is 5.26. The summed E-state index contributed by atoms with van der Waals surface area (Å²) in [6.07, 6.45) is 0. The van der Waals surface area contributed by atoms with Crippen molar-refractivity contribution >= 4 is 28.9 Å². The van der Waals surface area contributed by atoms with Gasteiger partial charge in [0.25, 0.3) is 0 Å². The molecule has 6 heteroatoms. The van der Waals surface area contributed by atoms with Crippen LogP contribution in [-0.2, 0) is 4.79 Å². The SMILES string of the molecule is NC(=O)CNC(=S)Nc1ccc(F)cc1. The summed E-state index contributed by atoms with van der Waals surface area (Å²) in [6.45, 7) is -0.0347. The number of hydrogen-bond acceptors (Lipinski definition) is 2. The molecule has 80 valence electrons. The van der Waals surface area contributed by atoms with Gasteiger partial charge in [-0.1, -0.05) is 0 Å². The first-order chi connectivity index (χ1) is 7.08. The van der Waals surface area contributed by atoms with Gasteiger partial charge in [0.1, 0.15) is 5.82 Å². The number of thiocarbonyl (C=S) groups is 1. The molecule has 1 aromatic carbocycles. The van der Waals surface area contributed by atoms with Crippen molar-refractivity contribution in [3.63, 3.8) is 0 Å². The second-order valence-corrected chi connectivity index (χ2v) is 3.19. The molecule has 1 amide bonds. The minimum absolute atomic E-state index is 0.0347. The van der Waals surface area contributed by atoms with Crippen LogP contribution in [0.2, 0.25) is 0 Å². The van der Waals surface area contributed by atoms with Gasteiger partial charge in [-0.25, -0.2) is 4.39 Å². The summed E-state index contributed by atoms with van der Waals surface area (Å²) in [7, 11) is 0. The lowest BCUT2D eigenvalue weighted by Crippen LogP contribution is -2.35. The van der Waals surface area contributed by atoms with Crippen molar-refractivity contribution in [2.75, 3.05) is 11.9 Å². The number of nitrogens with one attached hydrogen (secondary N) is 2. The van der Waals surface area contributed by atoms with Gasteiger partial charge in [-0.2, -0.15) is 0 Å². The average molecular weight is 227 g/mol. The fourth-order valence-corrected chi connectivity index (χ4v) is 1.07. The van der Waals surface area contributed by atoms with Crippen molar-refractivity contribution in [3.8, 4) is 0 Å². The van der Waals surface area contributed by atoms with Crippen LogP contribution >= 0.6 is 12.2 Å². The number of hydrogen-bond donors (Lipinski definition) is 3. The van der Waals surface area contributed by atoms with Gasteiger partial charge in [-0.05, 0) is 36.5 Å². The van der Waals surface area contributed by atoms with Gasteiger partial charge < -0.3 is 16.4 Å². The Hall–Kier alpha value is -1.69. The highest BCUT2D eigenvalue weighted by molar-refractivity contribution is 7.80. The smallest absolute Gasteiger partial charge is 0.236 e. The number of carbonyl (C=O) groups is 1. The normalized spacial score (nSPS) is 9.40. The van der Waals surface area contributed by atoms with E-state index in [9.17, 15) is 9.18 Å². The van der Waals surface area contributed by atoms with Crippen LogP contribution < -0.4 is 16.4 Å². The Morgan fingerprint density at radius 3 is 2.53 bits per heavy atom. The molecule has 1 aromatic rings. The molecule has 0 bridgehead atoms. The van der Waals surface area contributed by atoms with Gasteiger partial charge in [0.05, 0.1) is 6.54 Å². The highest BCUT2D eigenvalue weighted by Crippen LogP contribution is 2.07. The van der Waals surface area contributed by atoms with E-state index in [4.69, 9.17) is 18.0 Å². The highest BCUT2D eigenvalue weighted by Gasteiger charge is 1.99. The highest BCUT2D eigenvalue weighted by atomic mass is 32.1. The molecule has 15 heavy (non-hydrogen) atoms. The summed E-state index contributed by atoms with van der Waals surface area (Å²) in [5.41, 5.74) is 5.55. The first kappa shape index (κ1) is 11.4. The zero-order valence-electron chi connectivity index (χ0n) is 7.79. The number of rotatable bonds is 3. The average Bonchev–Trinajstić information content (AvgIpc) is 2.19. The summed E-state index contributed by atoms with van der Waals surface area (Å²) in [5, 5.41) is 5.63. The van der Waals surface area contributed by atoms with Crippen LogP contribution in [0.1, 0.15) is 0 Å². The molecule has 0 saturated carbocycles. The third-order valence-corrected chi connectivity index (χ3v) is 1.77. The van der Waals surface area contributed by atoms with E-state index >= 15 is 0 Å². The quantitative estimate of drug-likeness (QED) is 0.661. The third kappa shape index (κ3) is 4.37. The Kier molecular flexibility index (Phi) is 3.99. The maximum absolute atomic E-state index is 12.5. The van der Waals surface area contributed by atoms with E-state index in [-0.39, 0.29) is 17.5 Å². The maximum atomic E-state index is 12.5. The van der Waals surface area contributed by atoms with Gasteiger partial charge in [-0.15, -0.1) is 0 Å². The van der Waals surface area contributed by atoms with Crippen molar-refractivity contribution in [1.29, 1.82) is 0 Å². The monoisotopic (exact) mass is 227 g/mol. The predicted octanol–water partition coefficient (Wildman–Crippen LogP) is 0.597. The molecule has 0 fully saturated rings. The lowest BCUT2D eigenvalue weighted by Gasteiger charge is -2.08. The number of anilines is 1. The molecule has 0 radical (unpaired) electrons. The molecular formula is C9H10FN3OS. The molecule has 0 aliphatic rings. The number of benzene rings is 1. The zero-order chi connectivity index (χ0) is 11.3. The molecule has 0 atom stereocenters. The molecule has 0 heterocycles. The van der Waals surface area contributed by atoms with Crippen molar-refractivity contribution in [3.05, 3.63) is 30.1 Å². The first-order valence-electron chi connectivity index (χ1n) is 4.16. The maximum Gasteiger partial charge on any atom is 0.236 e. The number of amides is 1. The lowest BCUT2D eigenvalue weighted by atomic mass is 10.3. The largest absolute Gasteiger partial charge is 0.368 e. The summed E-state index contributed by atoms with van der Waals surface area (Å²) < 4.78 is 12.5. The fraction of sp³-hybridized carbons (Fsp3) is 0.111. The molecule has 1 rings (SSSR count). The van der Waals surface area contributed by atoms with E-state index in [1.807, 2.05) is 0 Å². The van der Waals surface area contributed by atoms with E-state index in [0.29, 0.717) is 5.69 Å². The number of halogens is 1. The molecule has 0 spiro atoms. The van der Waals surface area contributed by atoms with E-state index in [1.165, 1.54) is 24.3 Å². The van der Waals surface area contributed by atoms with Gasteiger partial charge in [0, 0.05) is 5.69 Å². The number of nitrogens with two attached hydrogens (primary N) is 1. The number of primary amides is 1. The Morgan fingerprint density at radius 1 is 1.40 bits per heavy atom. The van der Waals surface area contributed by atoms with E-state index in [0.717, 1.165) is 0 Å². The standard InChI is InChI=1S/C9H10FN3OS/c10-6-1-3-7(4-2-6)13-9(15)12-5-8(11)14/h1-4H,5H2,(H2,11,14)(H2,12,13,15). The summed E-state index contributed by atoms with van der Waals surface area (Å²) in [4.78, 5) is 10.4. The molecular weight excluding hydrogens is 217 g/mol. The van der Waals surface area contributed by atoms with E-state index in [1.54, 1.807) is 0 Å². The topological polar surface area (TPSA) is 67.2 Å². The second-order valence-electron chi connectivity index (χ2n) is 2.78. The van der Waals surface area contributed by atoms with Crippen molar-refractivity contribution in [2.45, 2.75) is 0 Å². The van der Waals surface area contributed by atoms with Crippen molar-refractivity contribution < 1.29 is 9.18 Å². The van der Waals surface area contributed by atoms with Crippen molar-refractivity contribution in [1.82, 2.24) is 5.32 Å². The Labute approximate surface area is 91.7 Å². The lowest BCUT2D eigenvalue weighted by molar-refractivity contribution is -0.116. The van der Waals surface area contributed by atoms with Gasteiger partial charge in [-0.3, -0.25) is 4.79 Å². The van der Waals surface area contributed by atoms with Crippen LogP contribution in [0, 0.1) is 5.82 Å². The van der Waals surface area contributed by atoms with Crippen LogP contribution in [-0.4, -0.2) is 17.6 Å². The van der Waals surface area contributed by atoms with Crippen molar-refractivity contribution in [2.24, 2.45) is 5.73 Å². The summed E-state index contributed by atoms with van der Waals surface area (Å²) in [5.74, 6) is -0.824. The molecule has 4 N–H and O–H groups in total. The van der Waals surface area contributed by atoms with E-state index < -0.39 is 5.91 Å². The Morgan fingerprint density at radius 2 is 2.00 bits per heavy atom. The Balaban J connectivity index is 2.44. The molecule has 4 nitrogen and oxygen atoms in total. The predicted molar refractivity (Wildman–Crippen MR) is 59.8 cm³/mol. The summed E-state index contributed by atoms with van der Waals surface area (Å²) in [6, 6.07) is 5.68. The Bertz CT molecular complexity index is 366. The van der Waals surface area contributed by atoms with Crippen LogP contribution in [0.25, 0.3) is 0 Å². The molecule has 0 aromatic heterocycles. The molecule has 0 unspecified atom stereocenters. The zero-order valence-corrected chi connectivity index (χ0v) is 8.60. The number of carbonyl (C=O) groups excluding carboxylic acids is 1. The van der Waals surface area contributed by atoms with Crippen LogP contribution in [0.4, 0.5) is 10.1 Å². The minimum atomic E-state index is -0.502. The minimum Gasteiger partial charge on any atom is -0.368 e. The third-order valence-electron chi connectivity index (χ3n) is 1.53. The van der Waals surface area contributed by atoms with Crippen LogP contribution in [0.5, 0.6) is 0 Å². The molecule has 0 aliphatic carbocycles. The fourth-order valence-electron chi connectivity index (χ4n) is 0.876. The summed E-state index contributed by atoms with van der Waals surface area (Å²) >= 11 is 4.86. The molecule has 0 aliphatic heterocycles.